The van der Waals surface area contributed by atoms with E-state index in [1.165, 1.54) is 6.07 Å². The van der Waals surface area contributed by atoms with Crippen LogP contribution in [0.3, 0.4) is 0 Å². The van der Waals surface area contributed by atoms with E-state index in [9.17, 15) is 4.39 Å². The first-order valence-corrected chi connectivity index (χ1v) is 5.94. The molecule has 1 saturated heterocycles. The maximum atomic E-state index is 13.1. The van der Waals surface area contributed by atoms with Gasteiger partial charge in [0.2, 0.25) is 0 Å². The van der Waals surface area contributed by atoms with Crippen LogP contribution in [-0.2, 0) is 0 Å². The largest absolute Gasteiger partial charge is 0.326 e. The lowest BCUT2D eigenvalue weighted by molar-refractivity contribution is 0.332. The summed E-state index contributed by atoms with van der Waals surface area (Å²) < 4.78 is 13.1. The number of hydrogen-bond donors (Lipinski definition) is 1. The van der Waals surface area contributed by atoms with E-state index in [-0.39, 0.29) is 17.8 Å². The van der Waals surface area contributed by atoms with E-state index in [1.807, 2.05) is 6.07 Å². The average molecular weight is 222 g/mol. The number of nitrogens with zero attached hydrogens (tertiary/aromatic N) is 1. The second kappa shape index (κ2) is 4.93. The van der Waals surface area contributed by atoms with Gasteiger partial charge in [0, 0.05) is 25.0 Å². The lowest BCUT2D eigenvalue weighted by Gasteiger charge is -2.15. The molecule has 0 amide bonds. The van der Waals surface area contributed by atoms with Crippen molar-refractivity contribution in [3.8, 4) is 0 Å². The molecule has 16 heavy (non-hydrogen) atoms. The molecule has 0 spiro atoms. The molecule has 2 N–H and O–H groups in total. The van der Waals surface area contributed by atoms with Crippen molar-refractivity contribution in [2.45, 2.75) is 25.3 Å². The Labute approximate surface area is 96.2 Å². The second-order valence-corrected chi connectivity index (χ2v) is 4.58. The summed E-state index contributed by atoms with van der Waals surface area (Å²) in [5.74, 6) is 0.112. The summed E-state index contributed by atoms with van der Waals surface area (Å²) in [5.41, 5.74) is 7.15. The molecular weight excluding hydrogens is 203 g/mol. The molecule has 2 atom stereocenters. The van der Waals surface area contributed by atoms with Crippen LogP contribution in [0.2, 0.25) is 0 Å². The van der Waals surface area contributed by atoms with E-state index in [4.69, 9.17) is 5.73 Å². The predicted octanol–water partition coefficient (Wildman–Crippen LogP) is 1.96. The highest BCUT2D eigenvalue weighted by Crippen LogP contribution is 2.26. The van der Waals surface area contributed by atoms with Gasteiger partial charge in [0.1, 0.15) is 5.82 Å². The van der Waals surface area contributed by atoms with Crippen molar-refractivity contribution in [3.05, 3.63) is 35.6 Å². The number of nitrogens with two attached hydrogens (primary N) is 1. The molecule has 2 unspecified atom stereocenters. The topological polar surface area (TPSA) is 29.3 Å². The van der Waals surface area contributed by atoms with Crippen molar-refractivity contribution in [1.82, 2.24) is 4.90 Å². The van der Waals surface area contributed by atoms with Crippen LogP contribution in [0, 0.1) is 5.82 Å². The van der Waals surface area contributed by atoms with Gasteiger partial charge >= 0.3 is 0 Å². The summed E-state index contributed by atoms with van der Waals surface area (Å²) in [6.07, 6.45) is 1.14. The second-order valence-electron chi connectivity index (χ2n) is 4.58. The van der Waals surface area contributed by atoms with Gasteiger partial charge in [-0.1, -0.05) is 19.1 Å². The standard InChI is InChI=1S/C13H19FN2/c1-2-6-16-8-12(13(15)9-16)10-4-3-5-11(14)7-10/h3-5,7,12-13H,2,6,8-9,15H2,1H3. The van der Waals surface area contributed by atoms with Gasteiger partial charge in [0.05, 0.1) is 0 Å². The molecule has 88 valence electrons. The first-order chi connectivity index (χ1) is 7.70. The van der Waals surface area contributed by atoms with Gasteiger partial charge in [-0.25, -0.2) is 4.39 Å². The molecule has 1 heterocycles. The van der Waals surface area contributed by atoms with Gasteiger partial charge < -0.3 is 10.6 Å². The van der Waals surface area contributed by atoms with Crippen molar-refractivity contribution in [1.29, 1.82) is 0 Å². The van der Waals surface area contributed by atoms with Crippen molar-refractivity contribution >= 4 is 0 Å². The van der Waals surface area contributed by atoms with Crippen LogP contribution in [0.5, 0.6) is 0 Å². The first kappa shape index (κ1) is 11.6. The minimum atomic E-state index is -0.168. The Morgan fingerprint density at radius 1 is 1.44 bits per heavy atom. The summed E-state index contributed by atoms with van der Waals surface area (Å²) in [6.45, 7) is 5.13. The minimum absolute atomic E-state index is 0.133. The summed E-state index contributed by atoms with van der Waals surface area (Å²) in [7, 11) is 0. The van der Waals surface area contributed by atoms with Gasteiger partial charge in [-0.15, -0.1) is 0 Å². The number of benzene rings is 1. The highest BCUT2D eigenvalue weighted by atomic mass is 19.1. The fourth-order valence-corrected chi connectivity index (χ4v) is 2.50. The third-order valence-electron chi connectivity index (χ3n) is 3.26. The molecule has 2 rings (SSSR count). The minimum Gasteiger partial charge on any atom is -0.326 e. The van der Waals surface area contributed by atoms with Crippen LogP contribution < -0.4 is 5.73 Å². The van der Waals surface area contributed by atoms with Crippen LogP contribution in [0.1, 0.15) is 24.8 Å². The lowest BCUT2D eigenvalue weighted by atomic mass is 9.95. The van der Waals surface area contributed by atoms with E-state index in [0.29, 0.717) is 0 Å². The Morgan fingerprint density at radius 2 is 2.25 bits per heavy atom. The Balaban J connectivity index is 2.10. The van der Waals surface area contributed by atoms with Gasteiger partial charge in [-0.3, -0.25) is 0 Å². The van der Waals surface area contributed by atoms with E-state index >= 15 is 0 Å². The molecule has 0 aliphatic carbocycles. The van der Waals surface area contributed by atoms with Crippen LogP contribution in [-0.4, -0.2) is 30.6 Å². The fraction of sp³-hybridized carbons (Fsp3) is 0.538. The molecule has 1 aliphatic rings. The van der Waals surface area contributed by atoms with E-state index in [2.05, 4.69) is 11.8 Å². The summed E-state index contributed by atoms with van der Waals surface area (Å²) in [6, 6.07) is 6.96. The zero-order valence-corrected chi connectivity index (χ0v) is 9.70. The molecule has 1 fully saturated rings. The van der Waals surface area contributed by atoms with Gasteiger partial charge in [0.25, 0.3) is 0 Å². The molecular formula is C13H19FN2. The summed E-state index contributed by atoms with van der Waals surface area (Å²) >= 11 is 0. The van der Waals surface area contributed by atoms with Crippen molar-refractivity contribution in [2.24, 2.45) is 5.73 Å². The van der Waals surface area contributed by atoms with Crippen LogP contribution in [0.25, 0.3) is 0 Å². The normalized spacial score (nSPS) is 26.2. The molecule has 1 aromatic rings. The monoisotopic (exact) mass is 222 g/mol. The molecule has 2 nitrogen and oxygen atoms in total. The van der Waals surface area contributed by atoms with Crippen molar-refractivity contribution in [2.75, 3.05) is 19.6 Å². The van der Waals surface area contributed by atoms with Crippen LogP contribution >= 0.6 is 0 Å². The molecule has 1 aliphatic heterocycles. The maximum absolute atomic E-state index is 13.1. The molecule has 0 bridgehead atoms. The van der Waals surface area contributed by atoms with Gasteiger partial charge in [-0.05, 0) is 30.7 Å². The van der Waals surface area contributed by atoms with Crippen molar-refractivity contribution < 1.29 is 4.39 Å². The predicted molar refractivity (Wildman–Crippen MR) is 63.8 cm³/mol. The molecule has 0 aromatic heterocycles. The molecule has 1 aromatic carbocycles. The molecule has 0 saturated carbocycles. The smallest absolute Gasteiger partial charge is 0.123 e. The number of rotatable bonds is 3. The van der Waals surface area contributed by atoms with Gasteiger partial charge in [0.15, 0.2) is 0 Å². The SMILES string of the molecule is CCCN1CC(N)C(c2cccc(F)c2)C1. The highest BCUT2D eigenvalue weighted by molar-refractivity contribution is 5.24. The lowest BCUT2D eigenvalue weighted by Crippen LogP contribution is -2.29. The highest BCUT2D eigenvalue weighted by Gasteiger charge is 2.30. The zero-order chi connectivity index (χ0) is 11.5. The first-order valence-electron chi connectivity index (χ1n) is 5.94. The fourth-order valence-electron chi connectivity index (χ4n) is 2.50. The third-order valence-corrected chi connectivity index (χ3v) is 3.26. The van der Waals surface area contributed by atoms with E-state index < -0.39 is 0 Å². The Morgan fingerprint density at radius 3 is 2.94 bits per heavy atom. The zero-order valence-electron chi connectivity index (χ0n) is 9.70. The molecule has 3 heteroatoms. The van der Waals surface area contributed by atoms with E-state index in [1.54, 1.807) is 12.1 Å². The Kier molecular flexibility index (Phi) is 3.56. The van der Waals surface area contributed by atoms with E-state index in [0.717, 1.165) is 31.6 Å². The maximum Gasteiger partial charge on any atom is 0.123 e. The van der Waals surface area contributed by atoms with Gasteiger partial charge in [-0.2, -0.15) is 0 Å². The third kappa shape index (κ3) is 2.42. The number of hydrogen-bond acceptors (Lipinski definition) is 2. The average Bonchev–Trinajstić information content (AvgIpc) is 2.60. The number of halogens is 1. The summed E-state index contributed by atoms with van der Waals surface area (Å²) in [4.78, 5) is 2.36. The Hall–Kier alpha value is -0.930. The Bertz CT molecular complexity index is 354. The quantitative estimate of drug-likeness (QED) is 0.847. The van der Waals surface area contributed by atoms with Crippen LogP contribution in [0.4, 0.5) is 4.39 Å². The number of likely N-dealkylation sites (tertiary alicyclic amines) is 1. The van der Waals surface area contributed by atoms with Crippen molar-refractivity contribution in [3.63, 3.8) is 0 Å². The molecule has 0 radical (unpaired) electrons. The van der Waals surface area contributed by atoms with Crippen LogP contribution in [0.15, 0.2) is 24.3 Å². The summed E-state index contributed by atoms with van der Waals surface area (Å²) in [5, 5.41) is 0.